The van der Waals surface area contributed by atoms with Crippen molar-refractivity contribution in [3.05, 3.63) is 23.4 Å². The Morgan fingerprint density at radius 1 is 1.24 bits per heavy atom. The molecule has 0 spiro atoms. The summed E-state index contributed by atoms with van der Waals surface area (Å²) in [7, 11) is 0. The molecule has 2 fully saturated rings. The van der Waals surface area contributed by atoms with Crippen molar-refractivity contribution in [1.29, 1.82) is 0 Å². The van der Waals surface area contributed by atoms with Crippen LogP contribution in [0.3, 0.4) is 0 Å². The van der Waals surface area contributed by atoms with Crippen LogP contribution in [-0.2, 0) is 0 Å². The van der Waals surface area contributed by atoms with Crippen LogP contribution in [0.15, 0.2) is 12.4 Å². The van der Waals surface area contributed by atoms with Crippen LogP contribution in [0.1, 0.15) is 51.0 Å². The third-order valence-corrected chi connectivity index (χ3v) is 5.03. The molecular weight excluding hydrogens is 345 g/mol. The molecular formula is C17H21ClFN5O. The Bertz CT molecular complexity index is 743. The van der Waals surface area contributed by atoms with Crippen molar-refractivity contribution in [1.82, 2.24) is 19.7 Å². The van der Waals surface area contributed by atoms with E-state index in [1.807, 2.05) is 10.9 Å². The van der Waals surface area contributed by atoms with Crippen molar-refractivity contribution in [2.24, 2.45) is 5.92 Å². The van der Waals surface area contributed by atoms with E-state index in [0.29, 0.717) is 29.4 Å². The Morgan fingerprint density at radius 2 is 2.04 bits per heavy atom. The standard InChI is InChI=1S/C17H21ClFN5O/c18-15-14(9-24(23-15)12-6-7-12)21-17-20-8-13(19)16(22-17)25-10-11-4-2-1-3-5-11/h8-9,11-12H,1-7,10H2,(H,20,21,22). The van der Waals surface area contributed by atoms with Crippen molar-refractivity contribution >= 4 is 23.2 Å². The molecule has 8 heteroatoms. The van der Waals surface area contributed by atoms with E-state index in [4.69, 9.17) is 16.3 Å². The van der Waals surface area contributed by atoms with Gasteiger partial charge in [-0.15, -0.1) is 0 Å². The van der Waals surface area contributed by atoms with Gasteiger partial charge < -0.3 is 10.1 Å². The Labute approximate surface area is 150 Å². The summed E-state index contributed by atoms with van der Waals surface area (Å²) in [5, 5.41) is 7.61. The molecule has 2 aromatic heterocycles. The zero-order chi connectivity index (χ0) is 17.2. The lowest BCUT2D eigenvalue weighted by Gasteiger charge is -2.21. The van der Waals surface area contributed by atoms with E-state index in [9.17, 15) is 4.39 Å². The number of aromatic nitrogens is 4. The summed E-state index contributed by atoms with van der Waals surface area (Å²) >= 11 is 6.15. The molecule has 0 saturated heterocycles. The van der Waals surface area contributed by atoms with Crippen molar-refractivity contribution in [3.63, 3.8) is 0 Å². The van der Waals surface area contributed by atoms with Gasteiger partial charge in [-0.25, -0.2) is 4.98 Å². The molecule has 2 aliphatic rings. The average Bonchev–Trinajstić information content (AvgIpc) is 3.41. The highest BCUT2D eigenvalue weighted by Crippen LogP contribution is 2.36. The fourth-order valence-electron chi connectivity index (χ4n) is 3.16. The third-order valence-electron chi connectivity index (χ3n) is 4.75. The van der Waals surface area contributed by atoms with Gasteiger partial charge in [0.25, 0.3) is 5.88 Å². The molecule has 1 N–H and O–H groups in total. The van der Waals surface area contributed by atoms with Gasteiger partial charge >= 0.3 is 0 Å². The normalized spacial score (nSPS) is 18.3. The first-order chi connectivity index (χ1) is 12.2. The lowest BCUT2D eigenvalue weighted by atomic mass is 9.90. The minimum atomic E-state index is -0.555. The van der Waals surface area contributed by atoms with Crippen LogP contribution in [0.25, 0.3) is 0 Å². The molecule has 6 nitrogen and oxygen atoms in total. The van der Waals surface area contributed by atoms with Crippen LogP contribution in [0.2, 0.25) is 5.15 Å². The smallest absolute Gasteiger partial charge is 0.255 e. The van der Waals surface area contributed by atoms with Gasteiger partial charge in [-0.3, -0.25) is 4.68 Å². The second-order valence-corrected chi connectivity index (χ2v) is 7.19. The molecule has 25 heavy (non-hydrogen) atoms. The molecule has 0 unspecified atom stereocenters. The van der Waals surface area contributed by atoms with Crippen molar-refractivity contribution in [2.45, 2.75) is 51.0 Å². The second kappa shape index (κ2) is 7.15. The van der Waals surface area contributed by atoms with Gasteiger partial charge in [0.05, 0.1) is 30.7 Å². The number of nitrogens with zero attached hydrogens (tertiary/aromatic N) is 4. The zero-order valence-electron chi connectivity index (χ0n) is 13.9. The van der Waals surface area contributed by atoms with Gasteiger partial charge in [0.2, 0.25) is 11.8 Å². The van der Waals surface area contributed by atoms with Crippen LogP contribution in [0.4, 0.5) is 16.0 Å². The molecule has 0 atom stereocenters. The molecule has 2 heterocycles. The third kappa shape index (κ3) is 4.03. The zero-order valence-corrected chi connectivity index (χ0v) is 14.7. The van der Waals surface area contributed by atoms with Gasteiger partial charge in [-0.05, 0) is 31.6 Å². The SMILES string of the molecule is Fc1cnc(Nc2cn(C3CC3)nc2Cl)nc1OCC1CCCCC1. The maximum Gasteiger partial charge on any atom is 0.255 e. The van der Waals surface area contributed by atoms with Gasteiger partial charge in [-0.2, -0.15) is 14.5 Å². The fraction of sp³-hybridized carbons (Fsp3) is 0.588. The summed E-state index contributed by atoms with van der Waals surface area (Å²) in [5.74, 6) is 0.151. The predicted octanol–water partition coefficient (Wildman–Crippen LogP) is 4.50. The highest BCUT2D eigenvalue weighted by Gasteiger charge is 2.26. The molecule has 0 bridgehead atoms. The number of hydrogen-bond acceptors (Lipinski definition) is 5. The summed E-state index contributed by atoms with van der Waals surface area (Å²) in [6.07, 6.45) is 11.2. The van der Waals surface area contributed by atoms with Gasteiger partial charge in [0.15, 0.2) is 5.15 Å². The number of hydrogen-bond donors (Lipinski definition) is 1. The Hall–Kier alpha value is -1.89. The molecule has 0 aliphatic heterocycles. The van der Waals surface area contributed by atoms with E-state index < -0.39 is 5.82 Å². The first-order valence-corrected chi connectivity index (χ1v) is 9.24. The maximum atomic E-state index is 13.9. The second-order valence-electron chi connectivity index (χ2n) is 6.83. The highest BCUT2D eigenvalue weighted by molar-refractivity contribution is 6.32. The number of anilines is 2. The molecule has 0 aromatic carbocycles. The van der Waals surface area contributed by atoms with E-state index in [1.165, 1.54) is 19.3 Å². The molecule has 134 valence electrons. The summed E-state index contributed by atoms with van der Waals surface area (Å²) < 4.78 is 21.4. The first-order valence-electron chi connectivity index (χ1n) is 8.86. The molecule has 0 amide bonds. The lowest BCUT2D eigenvalue weighted by Crippen LogP contribution is -2.16. The summed E-state index contributed by atoms with van der Waals surface area (Å²) in [4.78, 5) is 8.11. The van der Waals surface area contributed by atoms with Crippen LogP contribution in [0, 0.1) is 11.7 Å². The average molecular weight is 366 g/mol. The summed E-state index contributed by atoms with van der Waals surface area (Å²) in [5.41, 5.74) is 0.610. The number of rotatable bonds is 6. The first kappa shape index (κ1) is 16.6. The molecule has 2 aromatic rings. The fourth-order valence-corrected chi connectivity index (χ4v) is 3.35. The Kier molecular flexibility index (Phi) is 4.74. The van der Waals surface area contributed by atoms with Gasteiger partial charge in [0, 0.05) is 0 Å². The predicted molar refractivity (Wildman–Crippen MR) is 92.9 cm³/mol. The lowest BCUT2D eigenvalue weighted by molar-refractivity contribution is 0.195. The summed E-state index contributed by atoms with van der Waals surface area (Å²) in [6.45, 7) is 0.494. The summed E-state index contributed by atoms with van der Waals surface area (Å²) in [6, 6.07) is 0.427. The minimum absolute atomic E-state index is 0.0196. The number of ether oxygens (including phenoxy) is 1. The van der Waals surface area contributed by atoms with E-state index in [0.717, 1.165) is 31.9 Å². The number of halogens is 2. The molecule has 4 rings (SSSR count). The molecule has 0 radical (unpaired) electrons. The molecule has 2 saturated carbocycles. The quantitative estimate of drug-likeness (QED) is 0.816. The van der Waals surface area contributed by atoms with E-state index in [-0.39, 0.29) is 11.8 Å². The highest BCUT2D eigenvalue weighted by atomic mass is 35.5. The van der Waals surface area contributed by atoms with Crippen LogP contribution < -0.4 is 10.1 Å². The van der Waals surface area contributed by atoms with Crippen molar-refractivity contribution in [2.75, 3.05) is 11.9 Å². The van der Waals surface area contributed by atoms with E-state index >= 15 is 0 Å². The van der Waals surface area contributed by atoms with Crippen LogP contribution in [-0.4, -0.2) is 26.4 Å². The largest absolute Gasteiger partial charge is 0.475 e. The van der Waals surface area contributed by atoms with Crippen molar-refractivity contribution < 1.29 is 9.13 Å². The number of nitrogens with one attached hydrogen (secondary N) is 1. The van der Waals surface area contributed by atoms with E-state index in [2.05, 4.69) is 20.4 Å². The van der Waals surface area contributed by atoms with Crippen molar-refractivity contribution in [3.8, 4) is 5.88 Å². The Morgan fingerprint density at radius 3 is 2.80 bits per heavy atom. The van der Waals surface area contributed by atoms with E-state index in [1.54, 1.807) is 0 Å². The van der Waals surface area contributed by atoms with Crippen LogP contribution >= 0.6 is 11.6 Å². The van der Waals surface area contributed by atoms with Gasteiger partial charge in [0.1, 0.15) is 0 Å². The maximum absolute atomic E-state index is 13.9. The minimum Gasteiger partial charge on any atom is -0.475 e. The Balaban J connectivity index is 1.43. The van der Waals surface area contributed by atoms with Crippen LogP contribution in [0.5, 0.6) is 5.88 Å². The topological polar surface area (TPSA) is 64.9 Å². The van der Waals surface area contributed by atoms with Gasteiger partial charge in [-0.1, -0.05) is 30.9 Å². The monoisotopic (exact) mass is 365 g/mol. The molecule has 2 aliphatic carbocycles.